The van der Waals surface area contributed by atoms with Crippen LogP contribution >= 0.6 is 0 Å². The van der Waals surface area contributed by atoms with E-state index in [4.69, 9.17) is 0 Å². The van der Waals surface area contributed by atoms with E-state index in [-0.39, 0.29) is 6.04 Å². The van der Waals surface area contributed by atoms with E-state index in [0.717, 1.165) is 25.9 Å². The third kappa shape index (κ3) is 6.44. The highest BCUT2D eigenvalue weighted by Crippen LogP contribution is 2.34. The molecule has 0 aromatic carbocycles. The molecule has 1 aliphatic rings. The number of halogens is 3. The Morgan fingerprint density at radius 3 is 2.35 bits per heavy atom. The van der Waals surface area contributed by atoms with Gasteiger partial charge in [0.2, 0.25) is 0 Å². The quantitative estimate of drug-likeness (QED) is 0.851. The number of nitrogens with one attached hydrogen (secondary N) is 1. The molecule has 5 heteroatoms. The molecule has 0 saturated carbocycles. The summed E-state index contributed by atoms with van der Waals surface area (Å²) in [5.41, 5.74) is 0.327. The maximum absolute atomic E-state index is 12.1. The first kappa shape index (κ1) is 17.8. The first-order valence-corrected chi connectivity index (χ1v) is 7.61. The number of rotatable bonds is 4. The molecule has 0 spiro atoms. The summed E-state index contributed by atoms with van der Waals surface area (Å²) in [4.78, 5) is 2.33. The predicted octanol–water partition coefficient (Wildman–Crippen LogP) is 3.68. The molecule has 2 nitrogen and oxygen atoms in total. The van der Waals surface area contributed by atoms with E-state index in [2.05, 4.69) is 31.0 Å². The van der Waals surface area contributed by atoms with E-state index in [1.54, 1.807) is 0 Å². The van der Waals surface area contributed by atoms with Crippen molar-refractivity contribution in [2.75, 3.05) is 26.2 Å². The van der Waals surface area contributed by atoms with Crippen molar-refractivity contribution in [2.24, 2.45) is 11.3 Å². The largest absolute Gasteiger partial charge is 0.401 e. The summed E-state index contributed by atoms with van der Waals surface area (Å²) in [5.74, 6) is 0.711. The molecule has 1 fully saturated rings. The second kappa shape index (κ2) is 7.12. The lowest BCUT2D eigenvalue weighted by Crippen LogP contribution is -2.43. The van der Waals surface area contributed by atoms with Gasteiger partial charge < -0.3 is 5.32 Å². The minimum atomic E-state index is -4.12. The first-order valence-electron chi connectivity index (χ1n) is 7.61. The highest BCUT2D eigenvalue weighted by Gasteiger charge is 2.29. The molecule has 120 valence electrons. The minimum absolute atomic E-state index is 0.163. The van der Waals surface area contributed by atoms with Crippen LogP contribution in [-0.2, 0) is 0 Å². The van der Waals surface area contributed by atoms with Crippen LogP contribution in [0, 0.1) is 11.3 Å². The van der Waals surface area contributed by atoms with Crippen molar-refractivity contribution < 1.29 is 13.2 Å². The molecule has 0 bridgehead atoms. The fourth-order valence-electron chi connectivity index (χ4n) is 2.98. The lowest BCUT2D eigenvalue weighted by atomic mass is 9.77. The third-order valence-corrected chi connectivity index (χ3v) is 4.38. The summed E-state index contributed by atoms with van der Waals surface area (Å²) >= 11 is 0. The van der Waals surface area contributed by atoms with Gasteiger partial charge in [0.1, 0.15) is 0 Å². The summed E-state index contributed by atoms with van der Waals surface area (Å²) in [5, 5.41) is 2.52. The molecular formula is C15H29F3N2. The van der Waals surface area contributed by atoms with E-state index in [0.29, 0.717) is 17.9 Å². The van der Waals surface area contributed by atoms with Gasteiger partial charge in [0.25, 0.3) is 0 Å². The average Bonchev–Trinajstić information content (AvgIpc) is 2.51. The lowest BCUT2D eigenvalue weighted by Gasteiger charge is -2.31. The van der Waals surface area contributed by atoms with Gasteiger partial charge in [-0.1, -0.05) is 20.8 Å². The SMILES string of the molecule is CC(CNCC(F)(F)F)N1CCCC(C(C)(C)C)CC1. The molecule has 1 N–H and O–H groups in total. The number of hydrogen-bond donors (Lipinski definition) is 1. The van der Waals surface area contributed by atoms with E-state index in [1.807, 2.05) is 6.92 Å². The molecule has 0 radical (unpaired) electrons. The van der Waals surface area contributed by atoms with Crippen LogP contribution in [0.1, 0.15) is 47.0 Å². The molecular weight excluding hydrogens is 265 g/mol. The summed E-state index contributed by atoms with van der Waals surface area (Å²) in [7, 11) is 0. The maximum atomic E-state index is 12.1. The topological polar surface area (TPSA) is 15.3 Å². The highest BCUT2D eigenvalue weighted by atomic mass is 19.4. The molecule has 0 aliphatic carbocycles. The van der Waals surface area contributed by atoms with E-state index in [1.165, 1.54) is 6.42 Å². The molecule has 1 heterocycles. The van der Waals surface area contributed by atoms with Crippen LogP contribution in [0.2, 0.25) is 0 Å². The molecule has 20 heavy (non-hydrogen) atoms. The van der Waals surface area contributed by atoms with Gasteiger partial charge in [-0.25, -0.2) is 0 Å². The average molecular weight is 294 g/mol. The fourth-order valence-corrected chi connectivity index (χ4v) is 2.98. The fraction of sp³-hybridized carbons (Fsp3) is 1.00. The summed E-state index contributed by atoms with van der Waals surface area (Å²) < 4.78 is 36.4. The van der Waals surface area contributed by atoms with Crippen LogP contribution < -0.4 is 5.32 Å². The minimum Gasteiger partial charge on any atom is -0.307 e. The summed E-state index contributed by atoms with van der Waals surface area (Å²) in [6.45, 7) is 10.4. The van der Waals surface area contributed by atoms with Crippen molar-refractivity contribution in [1.29, 1.82) is 0 Å². The highest BCUT2D eigenvalue weighted by molar-refractivity contribution is 4.81. The zero-order valence-corrected chi connectivity index (χ0v) is 13.2. The van der Waals surface area contributed by atoms with Crippen molar-refractivity contribution >= 4 is 0 Å². The molecule has 0 aromatic rings. The maximum Gasteiger partial charge on any atom is 0.401 e. The second-order valence-corrected chi connectivity index (χ2v) is 7.12. The van der Waals surface area contributed by atoms with Gasteiger partial charge in [-0.05, 0) is 50.6 Å². The van der Waals surface area contributed by atoms with Gasteiger partial charge in [0, 0.05) is 12.6 Å². The van der Waals surface area contributed by atoms with Crippen LogP contribution in [0.5, 0.6) is 0 Å². The van der Waals surface area contributed by atoms with Gasteiger partial charge in [-0.15, -0.1) is 0 Å². The number of nitrogens with zero attached hydrogens (tertiary/aromatic N) is 1. The smallest absolute Gasteiger partial charge is 0.307 e. The normalized spacial score (nSPS) is 24.4. The van der Waals surface area contributed by atoms with Crippen molar-refractivity contribution in [1.82, 2.24) is 10.2 Å². The number of likely N-dealkylation sites (tertiary alicyclic amines) is 1. The Bertz CT molecular complexity index is 284. The molecule has 2 atom stereocenters. The molecule has 1 rings (SSSR count). The van der Waals surface area contributed by atoms with Gasteiger partial charge in [-0.2, -0.15) is 13.2 Å². The van der Waals surface area contributed by atoms with Gasteiger partial charge in [0.05, 0.1) is 6.54 Å². The van der Waals surface area contributed by atoms with Gasteiger partial charge in [-0.3, -0.25) is 4.90 Å². The zero-order chi connectivity index (χ0) is 15.4. The molecule has 1 aliphatic heterocycles. The molecule has 0 amide bonds. The standard InChI is InChI=1S/C15H29F3N2/c1-12(10-19-11-15(16,17)18)20-8-5-6-13(7-9-20)14(2,3)4/h12-13,19H,5-11H2,1-4H3. The van der Waals surface area contributed by atoms with Crippen LogP contribution in [0.25, 0.3) is 0 Å². The van der Waals surface area contributed by atoms with Crippen molar-refractivity contribution in [2.45, 2.75) is 59.2 Å². The lowest BCUT2D eigenvalue weighted by molar-refractivity contribution is -0.125. The Labute approximate surface area is 121 Å². The first-order chi connectivity index (χ1) is 9.09. The zero-order valence-electron chi connectivity index (χ0n) is 13.2. The van der Waals surface area contributed by atoms with E-state index >= 15 is 0 Å². The third-order valence-electron chi connectivity index (χ3n) is 4.38. The predicted molar refractivity (Wildman–Crippen MR) is 76.8 cm³/mol. The van der Waals surface area contributed by atoms with E-state index < -0.39 is 12.7 Å². The monoisotopic (exact) mass is 294 g/mol. The van der Waals surface area contributed by atoms with Crippen molar-refractivity contribution in [3.05, 3.63) is 0 Å². The number of alkyl halides is 3. The Kier molecular flexibility index (Phi) is 6.32. The summed E-state index contributed by atoms with van der Waals surface area (Å²) in [6.07, 6.45) is -0.600. The van der Waals surface area contributed by atoms with Crippen LogP contribution in [-0.4, -0.2) is 43.3 Å². The van der Waals surface area contributed by atoms with Crippen LogP contribution in [0.15, 0.2) is 0 Å². The van der Waals surface area contributed by atoms with E-state index in [9.17, 15) is 13.2 Å². The molecule has 1 saturated heterocycles. The van der Waals surface area contributed by atoms with Crippen LogP contribution in [0.3, 0.4) is 0 Å². The molecule has 2 unspecified atom stereocenters. The second-order valence-electron chi connectivity index (χ2n) is 7.12. The van der Waals surface area contributed by atoms with Gasteiger partial charge >= 0.3 is 6.18 Å². The number of hydrogen-bond acceptors (Lipinski definition) is 2. The Morgan fingerprint density at radius 2 is 1.80 bits per heavy atom. The van der Waals surface area contributed by atoms with Crippen molar-refractivity contribution in [3.8, 4) is 0 Å². The van der Waals surface area contributed by atoms with Gasteiger partial charge in [0.15, 0.2) is 0 Å². The molecule has 0 aromatic heterocycles. The Morgan fingerprint density at radius 1 is 1.15 bits per heavy atom. The Hall–Kier alpha value is -0.290. The van der Waals surface area contributed by atoms with Crippen LogP contribution in [0.4, 0.5) is 13.2 Å². The van der Waals surface area contributed by atoms with Crippen molar-refractivity contribution in [3.63, 3.8) is 0 Å². The summed E-state index contributed by atoms with van der Waals surface area (Å²) in [6, 6.07) is 0.163. The Balaban J connectivity index is 2.37.